The first-order valence-electron chi connectivity index (χ1n) is 4.79. The first-order chi connectivity index (χ1) is 7.36. The molecular formula is C10H13ClO5. The molecule has 0 aromatic carbocycles. The van der Waals surface area contributed by atoms with Crippen LogP contribution >= 0.6 is 11.6 Å². The summed E-state index contributed by atoms with van der Waals surface area (Å²) in [7, 11) is 0. The van der Waals surface area contributed by atoms with E-state index in [1.165, 1.54) is 13.0 Å². The Morgan fingerprint density at radius 3 is 2.50 bits per heavy atom. The number of carboxylic acid groups (broad SMARTS) is 2. The summed E-state index contributed by atoms with van der Waals surface area (Å²) < 4.78 is 0. The van der Waals surface area contributed by atoms with Crippen LogP contribution in [0.2, 0.25) is 0 Å². The van der Waals surface area contributed by atoms with E-state index in [-0.39, 0.29) is 11.5 Å². The van der Waals surface area contributed by atoms with Gasteiger partial charge in [0.25, 0.3) is 0 Å². The van der Waals surface area contributed by atoms with Crippen LogP contribution in [0.5, 0.6) is 0 Å². The number of carbonyl (C=O) groups is 2. The highest BCUT2D eigenvalue weighted by atomic mass is 35.5. The zero-order valence-corrected chi connectivity index (χ0v) is 9.44. The van der Waals surface area contributed by atoms with Crippen molar-refractivity contribution in [2.45, 2.75) is 13.3 Å². The Morgan fingerprint density at radius 1 is 1.56 bits per heavy atom. The lowest BCUT2D eigenvalue weighted by Crippen LogP contribution is -2.47. The summed E-state index contributed by atoms with van der Waals surface area (Å²) in [5.41, 5.74) is -1.46. The van der Waals surface area contributed by atoms with Gasteiger partial charge in [-0.1, -0.05) is 24.6 Å². The van der Waals surface area contributed by atoms with Crippen LogP contribution in [0.25, 0.3) is 0 Å². The summed E-state index contributed by atoms with van der Waals surface area (Å²) >= 11 is 5.77. The van der Waals surface area contributed by atoms with Gasteiger partial charge in [-0.3, -0.25) is 9.59 Å². The molecular weight excluding hydrogens is 236 g/mol. The number of halogens is 1. The first kappa shape index (κ1) is 13.0. The quantitative estimate of drug-likeness (QED) is 0.690. The van der Waals surface area contributed by atoms with Gasteiger partial charge in [0, 0.05) is 5.03 Å². The zero-order valence-electron chi connectivity index (χ0n) is 8.68. The fourth-order valence-electron chi connectivity index (χ4n) is 2.04. The van der Waals surface area contributed by atoms with Crippen LogP contribution in [-0.4, -0.2) is 33.9 Å². The number of hydrogen-bond donors (Lipinski definition) is 3. The molecule has 5 nitrogen and oxygen atoms in total. The van der Waals surface area contributed by atoms with Crippen molar-refractivity contribution in [3.8, 4) is 0 Å². The normalized spacial score (nSPS) is 34.3. The maximum Gasteiger partial charge on any atom is 0.312 e. The molecule has 1 rings (SSSR count). The van der Waals surface area contributed by atoms with Crippen LogP contribution in [0.3, 0.4) is 0 Å². The summed E-state index contributed by atoms with van der Waals surface area (Å²) in [6, 6.07) is 0. The van der Waals surface area contributed by atoms with Crippen molar-refractivity contribution >= 4 is 23.5 Å². The fourth-order valence-corrected chi connectivity index (χ4v) is 2.40. The van der Waals surface area contributed by atoms with Crippen LogP contribution in [0.15, 0.2) is 11.1 Å². The second-order valence-electron chi connectivity index (χ2n) is 4.02. The van der Waals surface area contributed by atoms with Gasteiger partial charge in [0.2, 0.25) is 0 Å². The smallest absolute Gasteiger partial charge is 0.312 e. The highest BCUT2D eigenvalue weighted by Crippen LogP contribution is 2.45. The summed E-state index contributed by atoms with van der Waals surface area (Å²) in [5.74, 6) is -4.20. The molecule has 0 radical (unpaired) electrons. The second-order valence-corrected chi connectivity index (χ2v) is 4.45. The molecule has 0 saturated heterocycles. The van der Waals surface area contributed by atoms with E-state index in [2.05, 4.69) is 0 Å². The molecule has 0 amide bonds. The van der Waals surface area contributed by atoms with Crippen molar-refractivity contribution < 1.29 is 24.9 Å². The molecule has 0 aromatic heterocycles. The highest BCUT2D eigenvalue weighted by molar-refractivity contribution is 6.31. The Bertz CT molecular complexity index is 351. The lowest BCUT2D eigenvalue weighted by molar-refractivity contribution is -0.160. The van der Waals surface area contributed by atoms with Crippen molar-refractivity contribution in [3.63, 3.8) is 0 Å². The molecule has 3 unspecified atom stereocenters. The lowest BCUT2D eigenvalue weighted by Gasteiger charge is -2.39. The monoisotopic (exact) mass is 248 g/mol. The summed E-state index contributed by atoms with van der Waals surface area (Å²) in [6.45, 7) is 0.881. The fraction of sp³-hybridized carbons (Fsp3) is 0.600. The van der Waals surface area contributed by atoms with E-state index in [0.29, 0.717) is 0 Å². The molecule has 0 bridgehead atoms. The van der Waals surface area contributed by atoms with Gasteiger partial charge < -0.3 is 15.3 Å². The van der Waals surface area contributed by atoms with E-state index in [9.17, 15) is 14.7 Å². The summed E-state index contributed by atoms with van der Waals surface area (Å²) in [6.07, 6.45) is 1.41. The van der Waals surface area contributed by atoms with Gasteiger partial charge in [-0.05, 0) is 12.3 Å². The number of rotatable bonds is 3. The molecule has 1 aliphatic carbocycles. The summed E-state index contributed by atoms with van der Waals surface area (Å²) in [5, 5.41) is 27.5. The minimum Gasteiger partial charge on any atom is -0.481 e. The SMILES string of the molecule is CC1C(C(=O)O)C(Cl)=CCC1(CO)C(=O)O. The van der Waals surface area contributed by atoms with E-state index in [0.717, 1.165) is 0 Å². The third-order valence-electron chi connectivity index (χ3n) is 3.30. The maximum absolute atomic E-state index is 11.2. The molecule has 0 saturated carbocycles. The van der Waals surface area contributed by atoms with E-state index < -0.39 is 35.8 Å². The summed E-state index contributed by atoms with van der Waals surface area (Å²) in [4.78, 5) is 22.2. The first-order valence-corrected chi connectivity index (χ1v) is 5.17. The molecule has 16 heavy (non-hydrogen) atoms. The van der Waals surface area contributed by atoms with Gasteiger partial charge in [0.15, 0.2) is 0 Å². The molecule has 0 aliphatic heterocycles. The van der Waals surface area contributed by atoms with Crippen molar-refractivity contribution in [3.05, 3.63) is 11.1 Å². The molecule has 3 N–H and O–H groups in total. The van der Waals surface area contributed by atoms with Gasteiger partial charge in [-0.25, -0.2) is 0 Å². The molecule has 1 aliphatic rings. The second kappa shape index (κ2) is 4.43. The Kier molecular flexibility index (Phi) is 3.60. The number of carboxylic acids is 2. The van der Waals surface area contributed by atoms with Crippen molar-refractivity contribution in [1.29, 1.82) is 0 Å². The van der Waals surface area contributed by atoms with E-state index in [4.69, 9.17) is 21.8 Å². The standard InChI is InChI=1S/C10H13ClO5/c1-5-7(8(13)14)6(11)2-3-10(5,4-12)9(15)16/h2,5,7,12H,3-4H2,1H3,(H,13,14)(H,15,16). The molecule has 0 aromatic rings. The predicted octanol–water partition coefficient (Wildman–Crippen LogP) is 0.913. The Morgan fingerprint density at radius 2 is 2.12 bits per heavy atom. The average molecular weight is 249 g/mol. The Hall–Kier alpha value is -1.07. The Labute approximate surface area is 97.3 Å². The van der Waals surface area contributed by atoms with E-state index in [1.54, 1.807) is 0 Å². The third-order valence-corrected chi connectivity index (χ3v) is 3.69. The van der Waals surface area contributed by atoms with Crippen LogP contribution in [-0.2, 0) is 9.59 Å². The number of hydrogen-bond acceptors (Lipinski definition) is 3. The molecule has 0 fully saturated rings. The molecule has 0 heterocycles. The molecule has 0 spiro atoms. The minimum atomic E-state index is -1.46. The molecule has 90 valence electrons. The van der Waals surface area contributed by atoms with Gasteiger partial charge in [0.1, 0.15) is 0 Å². The largest absolute Gasteiger partial charge is 0.481 e. The average Bonchev–Trinajstić information content (AvgIpc) is 2.17. The van der Waals surface area contributed by atoms with Crippen LogP contribution in [0.1, 0.15) is 13.3 Å². The third kappa shape index (κ3) is 1.81. The van der Waals surface area contributed by atoms with Gasteiger partial charge in [-0.15, -0.1) is 0 Å². The van der Waals surface area contributed by atoms with Crippen molar-refractivity contribution in [2.75, 3.05) is 6.61 Å². The van der Waals surface area contributed by atoms with E-state index >= 15 is 0 Å². The number of aliphatic carboxylic acids is 2. The number of aliphatic hydroxyl groups excluding tert-OH is 1. The van der Waals surface area contributed by atoms with Crippen LogP contribution in [0, 0.1) is 17.3 Å². The Balaban J connectivity index is 3.20. The maximum atomic E-state index is 11.2. The predicted molar refractivity (Wildman–Crippen MR) is 56.0 cm³/mol. The van der Waals surface area contributed by atoms with Gasteiger partial charge in [0.05, 0.1) is 17.9 Å². The zero-order chi connectivity index (χ0) is 12.5. The molecule has 3 atom stereocenters. The number of allylic oxidation sites excluding steroid dienone is 1. The van der Waals surface area contributed by atoms with Gasteiger partial charge in [-0.2, -0.15) is 0 Å². The van der Waals surface area contributed by atoms with Crippen molar-refractivity contribution in [2.24, 2.45) is 17.3 Å². The topological polar surface area (TPSA) is 94.8 Å². The van der Waals surface area contributed by atoms with E-state index in [1.807, 2.05) is 0 Å². The highest BCUT2D eigenvalue weighted by Gasteiger charge is 2.51. The van der Waals surface area contributed by atoms with Crippen molar-refractivity contribution in [1.82, 2.24) is 0 Å². The van der Waals surface area contributed by atoms with Gasteiger partial charge >= 0.3 is 11.9 Å². The number of aliphatic hydroxyl groups is 1. The van der Waals surface area contributed by atoms with Crippen LogP contribution < -0.4 is 0 Å². The minimum absolute atomic E-state index is 0.0443. The van der Waals surface area contributed by atoms with Crippen LogP contribution in [0.4, 0.5) is 0 Å². The molecule has 6 heteroatoms. The lowest BCUT2D eigenvalue weighted by atomic mass is 9.65.